The first kappa shape index (κ1) is 27.6. The molecule has 2 aromatic rings. The van der Waals surface area contributed by atoms with E-state index < -0.39 is 12.1 Å². The van der Waals surface area contributed by atoms with Gasteiger partial charge in [0.2, 0.25) is 0 Å². The molecule has 2 N–H and O–H groups in total. The first-order valence-corrected chi connectivity index (χ1v) is 11.6. The second kappa shape index (κ2) is 13.9. The van der Waals surface area contributed by atoms with Gasteiger partial charge in [0.25, 0.3) is 0 Å². The maximum atomic E-state index is 12.8. The zero-order chi connectivity index (χ0) is 23.6. The molecule has 34 heavy (non-hydrogen) atoms. The summed E-state index contributed by atoms with van der Waals surface area (Å²) in [6, 6.07) is 13.9. The summed E-state index contributed by atoms with van der Waals surface area (Å²) in [5.74, 6) is -0.328. The average molecular weight is 492 g/mol. The zero-order valence-corrected chi connectivity index (χ0v) is 20.5. The standard InChI is InChI=1S/C26H33NO6.ClH/c1-18(2)27-16-22(28)20-13-14-23(32-25(29)17-31-21-11-7-4-8-12-21)24(15-20)33-26(30)19-9-5-3-6-10-19;/h4,7-8,11-15,18-19,22,27-28H,3,5-6,9-10,16-17H2,1-2H3;1H. The van der Waals surface area contributed by atoms with E-state index in [0.29, 0.717) is 17.9 Å². The highest BCUT2D eigenvalue weighted by Gasteiger charge is 2.25. The fraction of sp³-hybridized carbons (Fsp3) is 0.462. The monoisotopic (exact) mass is 491 g/mol. The number of hydrogen-bond acceptors (Lipinski definition) is 7. The van der Waals surface area contributed by atoms with Gasteiger partial charge in [0.1, 0.15) is 5.75 Å². The lowest BCUT2D eigenvalue weighted by Gasteiger charge is -2.21. The highest BCUT2D eigenvalue weighted by molar-refractivity contribution is 5.85. The van der Waals surface area contributed by atoms with Crippen LogP contribution in [0.15, 0.2) is 48.5 Å². The van der Waals surface area contributed by atoms with Gasteiger partial charge in [-0.05, 0) is 42.7 Å². The first-order chi connectivity index (χ1) is 15.9. The molecule has 1 saturated carbocycles. The lowest BCUT2D eigenvalue weighted by Crippen LogP contribution is -2.28. The molecule has 0 amide bonds. The third-order valence-electron chi connectivity index (χ3n) is 5.54. The third kappa shape index (κ3) is 8.63. The Labute approximate surface area is 207 Å². The second-order valence-corrected chi connectivity index (χ2v) is 8.62. The number of nitrogens with one attached hydrogen (secondary N) is 1. The summed E-state index contributed by atoms with van der Waals surface area (Å²) >= 11 is 0. The molecule has 8 heteroatoms. The largest absolute Gasteiger partial charge is 0.482 e. The third-order valence-corrected chi connectivity index (χ3v) is 5.54. The van der Waals surface area contributed by atoms with Gasteiger partial charge in [-0.25, -0.2) is 4.79 Å². The van der Waals surface area contributed by atoms with Crippen molar-refractivity contribution in [2.45, 2.75) is 58.1 Å². The minimum Gasteiger partial charge on any atom is -0.482 e. The van der Waals surface area contributed by atoms with Crippen molar-refractivity contribution in [2.24, 2.45) is 5.92 Å². The minimum absolute atomic E-state index is 0. The molecule has 3 rings (SSSR count). The van der Waals surface area contributed by atoms with Gasteiger partial charge < -0.3 is 24.6 Å². The number of hydrogen-bond donors (Lipinski definition) is 2. The second-order valence-electron chi connectivity index (χ2n) is 8.62. The van der Waals surface area contributed by atoms with Crippen molar-refractivity contribution in [2.75, 3.05) is 13.2 Å². The Kier molecular flexibility index (Phi) is 11.3. The van der Waals surface area contributed by atoms with Crippen LogP contribution in [0.1, 0.15) is 57.6 Å². The summed E-state index contributed by atoms with van der Waals surface area (Å²) in [5, 5.41) is 13.7. The van der Waals surface area contributed by atoms with Gasteiger partial charge in [0, 0.05) is 12.6 Å². The van der Waals surface area contributed by atoms with Crippen molar-refractivity contribution in [3.8, 4) is 17.2 Å². The van der Waals surface area contributed by atoms with E-state index in [1.807, 2.05) is 32.0 Å². The van der Waals surface area contributed by atoms with Gasteiger partial charge in [-0.3, -0.25) is 4.79 Å². The Balaban J connectivity index is 0.00000408. The SMILES string of the molecule is CC(C)NCC(O)c1ccc(OC(=O)COc2ccccc2)c(OC(=O)C2CCCCC2)c1.Cl. The Morgan fingerprint density at radius 1 is 1.00 bits per heavy atom. The first-order valence-electron chi connectivity index (χ1n) is 11.6. The van der Waals surface area contributed by atoms with Crippen LogP contribution in [0.3, 0.4) is 0 Å². The molecule has 0 saturated heterocycles. The summed E-state index contributed by atoms with van der Waals surface area (Å²) < 4.78 is 16.6. The molecule has 0 bridgehead atoms. The molecule has 1 fully saturated rings. The number of para-hydroxylation sites is 1. The van der Waals surface area contributed by atoms with E-state index in [4.69, 9.17) is 14.2 Å². The predicted molar refractivity (Wildman–Crippen MR) is 132 cm³/mol. The van der Waals surface area contributed by atoms with E-state index in [1.165, 1.54) is 6.07 Å². The number of aliphatic hydroxyl groups is 1. The number of carbonyl (C=O) groups is 2. The van der Waals surface area contributed by atoms with E-state index in [-0.39, 0.29) is 48.4 Å². The molecule has 1 aliphatic rings. The molecule has 0 spiro atoms. The summed E-state index contributed by atoms with van der Waals surface area (Å²) in [7, 11) is 0. The molecule has 186 valence electrons. The fourth-order valence-electron chi connectivity index (χ4n) is 3.70. The molecule has 0 heterocycles. The van der Waals surface area contributed by atoms with Crippen LogP contribution in [0, 0.1) is 5.92 Å². The van der Waals surface area contributed by atoms with E-state index in [9.17, 15) is 14.7 Å². The number of aliphatic hydroxyl groups excluding tert-OH is 1. The van der Waals surface area contributed by atoms with Gasteiger partial charge in [-0.2, -0.15) is 0 Å². The average Bonchev–Trinajstić information content (AvgIpc) is 2.83. The minimum atomic E-state index is -0.800. The fourth-order valence-corrected chi connectivity index (χ4v) is 3.70. The van der Waals surface area contributed by atoms with E-state index in [1.54, 1.807) is 24.3 Å². The predicted octanol–water partition coefficient (Wildman–Crippen LogP) is 4.61. The van der Waals surface area contributed by atoms with Gasteiger partial charge >= 0.3 is 11.9 Å². The maximum absolute atomic E-state index is 12.8. The van der Waals surface area contributed by atoms with E-state index >= 15 is 0 Å². The number of benzene rings is 2. The van der Waals surface area contributed by atoms with Crippen LogP contribution in [0.2, 0.25) is 0 Å². The summed E-state index contributed by atoms with van der Waals surface area (Å²) in [6.07, 6.45) is 3.90. The molecule has 1 atom stereocenters. The molecule has 0 aromatic heterocycles. The lowest BCUT2D eigenvalue weighted by atomic mass is 9.89. The van der Waals surface area contributed by atoms with Crippen molar-refractivity contribution >= 4 is 24.3 Å². The number of halogens is 1. The van der Waals surface area contributed by atoms with Crippen LogP contribution in [-0.4, -0.2) is 36.2 Å². The molecule has 7 nitrogen and oxygen atoms in total. The van der Waals surface area contributed by atoms with Crippen LogP contribution in [0.5, 0.6) is 17.2 Å². The molecule has 0 aliphatic heterocycles. The molecule has 1 unspecified atom stereocenters. The Morgan fingerprint density at radius 3 is 2.38 bits per heavy atom. The maximum Gasteiger partial charge on any atom is 0.349 e. The van der Waals surface area contributed by atoms with Crippen molar-refractivity contribution in [1.29, 1.82) is 0 Å². The summed E-state index contributed by atoms with van der Waals surface area (Å²) in [4.78, 5) is 25.1. The van der Waals surface area contributed by atoms with Crippen molar-refractivity contribution in [1.82, 2.24) is 5.32 Å². The number of esters is 2. The van der Waals surface area contributed by atoms with E-state index in [2.05, 4.69) is 5.32 Å². The zero-order valence-electron chi connectivity index (χ0n) is 19.7. The molecular weight excluding hydrogens is 458 g/mol. The summed E-state index contributed by atoms with van der Waals surface area (Å²) in [6.45, 7) is 4.04. The van der Waals surface area contributed by atoms with Gasteiger partial charge in [0.15, 0.2) is 18.1 Å². The van der Waals surface area contributed by atoms with Crippen LogP contribution >= 0.6 is 12.4 Å². The Morgan fingerprint density at radius 2 is 1.71 bits per heavy atom. The quantitative estimate of drug-likeness (QED) is 0.370. The van der Waals surface area contributed by atoms with Crippen LogP contribution in [-0.2, 0) is 9.59 Å². The van der Waals surface area contributed by atoms with Crippen LogP contribution in [0.25, 0.3) is 0 Å². The smallest absolute Gasteiger partial charge is 0.349 e. The number of rotatable bonds is 10. The molecular formula is C26H34ClNO6. The normalized spacial score (nSPS) is 14.7. The van der Waals surface area contributed by atoms with Crippen LogP contribution in [0.4, 0.5) is 0 Å². The molecule has 0 radical (unpaired) electrons. The van der Waals surface area contributed by atoms with Crippen molar-refractivity contribution in [3.63, 3.8) is 0 Å². The Bertz CT molecular complexity index is 915. The van der Waals surface area contributed by atoms with Crippen molar-refractivity contribution in [3.05, 3.63) is 54.1 Å². The molecule has 2 aromatic carbocycles. The number of ether oxygens (including phenoxy) is 3. The summed E-state index contributed by atoms with van der Waals surface area (Å²) in [5.41, 5.74) is 0.565. The van der Waals surface area contributed by atoms with Gasteiger partial charge in [-0.1, -0.05) is 57.4 Å². The van der Waals surface area contributed by atoms with Crippen molar-refractivity contribution < 1.29 is 28.9 Å². The van der Waals surface area contributed by atoms with Gasteiger partial charge in [0.05, 0.1) is 12.0 Å². The highest BCUT2D eigenvalue weighted by Crippen LogP contribution is 2.33. The van der Waals surface area contributed by atoms with Crippen LogP contribution < -0.4 is 19.5 Å². The lowest BCUT2D eigenvalue weighted by molar-refractivity contribution is -0.141. The number of carbonyl (C=O) groups excluding carboxylic acids is 2. The van der Waals surface area contributed by atoms with E-state index in [0.717, 1.165) is 32.1 Å². The Hall–Kier alpha value is -2.61. The molecule has 1 aliphatic carbocycles. The highest BCUT2D eigenvalue weighted by atomic mass is 35.5. The van der Waals surface area contributed by atoms with Gasteiger partial charge in [-0.15, -0.1) is 12.4 Å². The topological polar surface area (TPSA) is 94.1 Å².